The van der Waals surface area contributed by atoms with Gasteiger partial charge in [-0.05, 0) is 0 Å². The molecule has 0 atom stereocenters. The van der Waals surface area contributed by atoms with E-state index in [1.165, 1.54) is 11.3 Å². The van der Waals surface area contributed by atoms with Gasteiger partial charge in [0, 0.05) is 6.54 Å². The van der Waals surface area contributed by atoms with Crippen LogP contribution in [0.15, 0.2) is 31.1 Å². The summed E-state index contributed by atoms with van der Waals surface area (Å²) < 4.78 is 8.66. The van der Waals surface area contributed by atoms with Crippen molar-refractivity contribution in [1.82, 2.24) is 19.7 Å². The molecule has 4 rings (SSSR count). The van der Waals surface area contributed by atoms with Crippen molar-refractivity contribution in [3.05, 3.63) is 44.9 Å². The van der Waals surface area contributed by atoms with Gasteiger partial charge < -0.3 is 5.11 Å². The number of carbonyl (C=O) groups excluding carboxylic acids is 1. The Morgan fingerprint density at radius 1 is 1.44 bits per heavy atom. The molecule has 3 aromatic heterocycles. The van der Waals surface area contributed by atoms with Crippen LogP contribution in [0.25, 0.3) is 11.2 Å². The number of thiophene rings is 1. The third-order valence-corrected chi connectivity index (χ3v) is 6.80. The SMILES string of the molecule is Cc1cn2c(C3=[CH][Sn][N]=C3)cnc2c(Nc2cc(C(=O)NCCO)cs2)n1. The Hall–Kier alpha value is -2.24. The Balaban J connectivity index is 1.64. The number of aliphatic hydroxyl groups excluding tert-OH is 1. The van der Waals surface area contributed by atoms with E-state index < -0.39 is 21.4 Å². The molecule has 0 aliphatic carbocycles. The number of carbonyl (C=O) groups is 1. The quantitative estimate of drug-likeness (QED) is 0.459. The maximum atomic E-state index is 12.0. The van der Waals surface area contributed by atoms with Gasteiger partial charge in [0.25, 0.3) is 0 Å². The zero-order valence-corrected chi connectivity index (χ0v) is 18.1. The summed E-state index contributed by atoms with van der Waals surface area (Å²) in [4.78, 5) is 21.1. The first-order chi connectivity index (χ1) is 13.2. The molecule has 0 saturated heterocycles. The second-order valence-electron chi connectivity index (χ2n) is 5.86. The first-order valence-corrected chi connectivity index (χ1v) is 12.0. The topological polar surface area (TPSA) is 104 Å². The number of rotatable bonds is 6. The molecule has 0 unspecified atom stereocenters. The molecule has 0 bridgehead atoms. The first-order valence-electron chi connectivity index (χ1n) is 8.24. The monoisotopic (exact) mass is 488 g/mol. The van der Waals surface area contributed by atoms with E-state index in [0.717, 1.165) is 27.6 Å². The number of hydrogen-bond acceptors (Lipinski definition) is 7. The molecule has 4 heterocycles. The second kappa shape index (κ2) is 7.78. The second-order valence-corrected chi connectivity index (χ2v) is 9.07. The van der Waals surface area contributed by atoms with Gasteiger partial charge in [-0.1, -0.05) is 0 Å². The Bertz CT molecular complexity index is 1070. The fourth-order valence-electron chi connectivity index (χ4n) is 2.71. The zero-order chi connectivity index (χ0) is 18.8. The van der Waals surface area contributed by atoms with Gasteiger partial charge in [-0.25, -0.2) is 0 Å². The van der Waals surface area contributed by atoms with Crippen LogP contribution in [-0.2, 0) is 0 Å². The zero-order valence-electron chi connectivity index (χ0n) is 14.4. The van der Waals surface area contributed by atoms with Gasteiger partial charge in [-0.3, -0.25) is 0 Å². The van der Waals surface area contributed by atoms with Gasteiger partial charge in [-0.2, -0.15) is 0 Å². The fourth-order valence-corrected chi connectivity index (χ4v) is 5.34. The van der Waals surface area contributed by atoms with Gasteiger partial charge >= 0.3 is 152 Å². The van der Waals surface area contributed by atoms with Crippen LogP contribution in [0.5, 0.6) is 0 Å². The van der Waals surface area contributed by atoms with E-state index in [9.17, 15) is 4.79 Å². The number of imidazole rings is 1. The molecule has 0 spiro atoms. The molecule has 0 aromatic carbocycles. The predicted molar refractivity (Wildman–Crippen MR) is 107 cm³/mol. The number of anilines is 2. The van der Waals surface area contributed by atoms with Crippen LogP contribution in [0.3, 0.4) is 0 Å². The number of nitrogens with zero attached hydrogens (tertiary/aromatic N) is 4. The standard InChI is InChI=1S/C17H16N6O2S.Sn/c1-10(6-18)13-7-20-16-15(21-11(2)8-23(13)16)22-14-5-12(9-26-14)17(25)19-3-4-24;/h1,5-9,24H,3-4H2,2H3,(H,19,25)(H,21,22);/q-1;+1. The average molecular weight is 487 g/mol. The number of aryl methyl sites for hydroxylation is 1. The van der Waals surface area contributed by atoms with Crippen molar-refractivity contribution < 1.29 is 9.90 Å². The molecule has 8 nitrogen and oxygen atoms in total. The molecule has 1 aliphatic heterocycles. The fraction of sp³-hybridized carbons (Fsp3) is 0.176. The van der Waals surface area contributed by atoms with Crippen LogP contribution < -0.4 is 10.6 Å². The Labute approximate surface area is 169 Å². The van der Waals surface area contributed by atoms with Crippen LogP contribution in [-0.4, -0.2) is 66.2 Å². The summed E-state index contributed by atoms with van der Waals surface area (Å²) >= 11 is 0.665. The van der Waals surface area contributed by atoms with Crippen LogP contribution in [0, 0.1) is 6.92 Å². The van der Waals surface area contributed by atoms with Crippen molar-refractivity contribution in [2.24, 2.45) is 3.21 Å². The van der Waals surface area contributed by atoms with Crippen LogP contribution >= 0.6 is 11.3 Å². The van der Waals surface area contributed by atoms with Crippen LogP contribution in [0.4, 0.5) is 10.8 Å². The molecule has 0 saturated carbocycles. The Morgan fingerprint density at radius 2 is 2.33 bits per heavy atom. The van der Waals surface area contributed by atoms with Gasteiger partial charge in [0.05, 0.1) is 6.61 Å². The van der Waals surface area contributed by atoms with Crippen LogP contribution in [0.1, 0.15) is 21.7 Å². The Morgan fingerprint density at radius 3 is 3.11 bits per heavy atom. The Kier molecular flexibility index (Phi) is 5.23. The average Bonchev–Trinajstić information content (AvgIpc) is 3.39. The molecule has 1 amide bonds. The molecule has 3 aromatic rings. The third kappa shape index (κ3) is 3.75. The van der Waals surface area contributed by atoms with Crippen molar-refractivity contribution in [2.45, 2.75) is 6.92 Å². The molecule has 10 heteroatoms. The van der Waals surface area contributed by atoms with Crippen molar-refractivity contribution in [2.75, 3.05) is 18.5 Å². The van der Waals surface area contributed by atoms with E-state index in [-0.39, 0.29) is 19.1 Å². The normalized spacial score (nSPS) is 13.2. The number of hydrogen-bond donors (Lipinski definition) is 3. The van der Waals surface area contributed by atoms with E-state index in [1.54, 1.807) is 11.4 Å². The van der Waals surface area contributed by atoms with E-state index in [4.69, 9.17) is 5.11 Å². The van der Waals surface area contributed by atoms with E-state index in [1.807, 2.05) is 29.9 Å². The minimum atomic E-state index is -0.751. The van der Waals surface area contributed by atoms with E-state index in [0.29, 0.717) is 11.4 Å². The van der Waals surface area contributed by atoms with Crippen molar-refractivity contribution in [3.8, 4) is 0 Å². The number of allylic oxidation sites excluding steroid dienone is 1. The summed E-state index contributed by atoms with van der Waals surface area (Å²) in [5.74, 6) is 0.428. The number of nitrogens with one attached hydrogen (secondary N) is 2. The molecule has 2 radical (unpaired) electrons. The third-order valence-electron chi connectivity index (χ3n) is 3.91. The molecule has 27 heavy (non-hydrogen) atoms. The van der Waals surface area contributed by atoms with Gasteiger partial charge in [0.1, 0.15) is 0 Å². The first kappa shape index (κ1) is 18.1. The van der Waals surface area contributed by atoms with Crippen LogP contribution in [0.2, 0.25) is 0 Å². The number of fused-ring (bicyclic) bond motifs is 1. The van der Waals surface area contributed by atoms with Crippen molar-refractivity contribution in [1.29, 1.82) is 0 Å². The molecule has 136 valence electrons. The van der Waals surface area contributed by atoms with Gasteiger partial charge in [0.15, 0.2) is 0 Å². The summed E-state index contributed by atoms with van der Waals surface area (Å²) in [6.07, 6.45) is 5.73. The molecule has 0 fully saturated rings. The number of aliphatic hydroxyl groups is 1. The van der Waals surface area contributed by atoms with Gasteiger partial charge in [-0.15, -0.1) is 0 Å². The molecule has 3 N–H and O–H groups in total. The molecular weight excluding hydrogens is 471 g/mol. The minimum absolute atomic E-state index is 0.0847. The van der Waals surface area contributed by atoms with Gasteiger partial charge in [0.2, 0.25) is 0 Å². The predicted octanol–water partition coefficient (Wildman–Crippen LogP) is 1.61. The maximum absolute atomic E-state index is 12.0. The molecular formula is C17H16N6O2SSn. The molecule has 1 aliphatic rings. The number of amides is 1. The van der Waals surface area contributed by atoms with Crippen molar-refractivity contribution >= 4 is 66.9 Å². The number of aromatic nitrogens is 3. The summed E-state index contributed by atoms with van der Waals surface area (Å²) in [5, 5.41) is 17.3. The van der Waals surface area contributed by atoms with E-state index in [2.05, 4.69) is 27.9 Å². The summed E-state index contributed by atoms with van der Waals surface area (Å²) in [7, 11) is 0. The van der Waals surface area contributed by atoms with E-state index >= 15 is 0 Å². The summed E-state index contributed by atoms with van der Waals surface area (Å²) in [6.45, 7) is 2.08. The summed E-state index contributed by atoms with van der Waals surface area (Å²) in [5.41, 5.74) is 4.25. The van der Waals surface area contributed by atoms with Crippen molar-refractivity contribution in [3.63, 3.8) is 0 Å². The summed E-state index contributed by atoms with van der Waals surface area (Å²) in [6, 6.07) is 1.76.